The molecule has 0 aromatic carbocycles. The molecule has 0 radical (unpaired) electrons. The van der Waals surface area contributed by atoms with Crippen molar-refractivity contribution in [1.29, 1.82) is 0 Å². The van der Waals surface area contributed by atoms with E-state index in [1.807, 2.05) is 0 Å². The Bertz CT molecular complexity index is 142. The molecule has 12 N–H and O–H groups in total. The first-order valence-corrected chi connectivity index (χ1v) is 3.06. The van der Waals surface area contributed by atoms with Gasteiger partial charge < -0.3 is 57.4 Å². The van der Waals surface area contributed by atoms with E-state index < -0.39 is 24.1 Å². The van der Waals surface area contributed by atoms with Crippen molar-refractivity contribution < 1.29 is 57.4 Å². The van der Waals surface area contributed by atoms with Gasteiger partial charge >= 0.3 is 37.7 Å². The Kier molecular flexibility index (Phi) is 87.4. The number of aliphatic hydroxyl groups excluding tert-OH is 2. The number of carboxylic acid groups (broad SMARTS) is 2. The standard InChI is InChI=1S/2C3H6O3.Ca.5H2O/c2*1-2(4)3(5)6;;;;;;/h2*2,4H,1H3,(H,5,6);;5*1H2/q;;+2;;;;;/p-2. The Balaban J connectivity index is -0.0000000139. The fourth-order valence-electron chi connectivity index (χ4n) is 0. The van der Waals surface area contributed by atoms with Crippen molar-refractivity contribution >= 4 is 49.7 Å². The molecule has 0 heterocycles. The average molecular weight is 308 g/mol. The molecule has 0 saturated heterocycles. The van der Waals surface area contributed by atoms with E-state index in [9.17, 15) is 19.8 Å². The van der Waals surface area contributed by atoms with Gasteiger partial charge in [-0.25, -0.2) is 0 Å². The third kappa shape index (κ3) is 56.5. The van der Waals surface area contributed by atoms with Crippen LogP contribution in [0.2, 0.25) is 0 Å². The van der Waals surface area contributed by atoms with Gasteiger partial charge in [0.1, 0.15) is 0 Å². The molecule has 0 rings (SSSR count). The number of hydrogen-bond acceptors (Lipinski definition) is 6. The summed E-state index contributed by atoms with van der Waals surface area (Å²) in [6.45, 7) is 2.27. The number of carboxylic acids is 2. The fourth-order valence-corrected chi connectivity index (χ4v) is 0. The molecule has 18 heavy (non-hydrogen) atoms. The molecule has 0 fully saturated rings. The number of aliphatic carboxylic acids is 2. The predicted octanol–water partition coefficient (Wildman–Crippen LogP) is -8.27. The van der Waals surface area contributed by atoms with Crippen molar-refractivity contribution in [3.05, 3.63) is 0 Å². The van der Waals surface area contributed by atoms with E-state index >= 15 is 0 Å². The summed E-state index contributed by atoms with van der Waals surface area (Å²) in [4.78, 5) is 18.7. The van der Waals surface area contributed by atoms with Gasteiger partial charge in [0.25, 0.3) is 0 Å². The van der Waals surface area contributed by atoms with Gasteiger partial charge in [0.05, 0.1) is 24.1 Å². The molecule has 112 valence electrons. The second-order valence-electron chi connectivity index (χ2n) is 1.99. The smallest absolute Gasteiger partial charge is 0.547 e. The average Bonchev–Trinajstić information content (AvgIpc) is 1.88. The summed E-state index contributed by atoms with van der Waals surface area (Å²) in [5.41, 5.74) is 0. The van der Waals surface area contributed by atoms with E-state index in [4.69, 9.17) is 10.2 Å². The maximum atomic E-state index is 9.34. The van der Waals surface area contributed by atoms with Crippen LogP contribution in [0.25, 0.3) is 0 Å². The molecular formula is C6H20CaO11. The van der Waals surface area contributed by atoms with Crippen LogP contribution >= 0.6 is 0 Å². The molecular weight excluding hydrogens is 288 g/mol. The number of carbonyl (C=O) groups is 2. The summed E-state index contributed by atoms with van der Waals surface area (Å²) in [6.07, 6.45) is -2.69. The maximum Gasteiger partial charge on any atom is 2.00 e. The van der Waals surface area contributed by atoms with Crippen molar-refractivity contribution in [1.82, 2.24) is 0 Å². The minimum atomic E-state index is -1.44. The Morgan fingerprint density at radius 3 is 0.833 bits per heavy atom. The first-order chi connectivity index (χ1) is 5.29. The summed E-state index contributed by atoms with van der Waals surface area (Å²) in [6, 6.07) is 0. The van der Waals surface area contributed by atoms with Crippen molar-refractivity contribution in [3.8, 4) is 0 Å². The zero-order valence-electron chi connectivity index (χ0n) is 9.89. The number of carbonyl (C=O) groups excluding carboxylic acids is 2. The summed E-state index contributed by atoms with van der Waals surface area (Å²) >= 11 is 0. The van der Waals surface area contributed by atoms with E-state index in [-0.39, 0.29) is 65.1 Å². The van der Waals surface area contributed by atoms with Crippen molar-refractivity contribution in [3.63, 3.8) is 0 Å². The summed E-state index contributed by atoms with van der Waals surface area (Å²) < 4.78 is 0. The largest absolute Gasteiger partial charge is 2.00 e. The Labute approximate surface area is 133 Å². The molecule has 0 bridgehead atoms. The van der Waals surface area contributed by atoms with Crippen LogP contribution < -0.4 is 10.2 Å². The third-order valence-electron chi connectivity index (χ3n) is 0.682. The molecule has 12 heteroatoms. The quantitative estimate of drug-likeness (QED) is 0.466. The molecule has 11 nitrogen and oxygen atoms in total. The molecule has 2 atom stereocenters. The molecule has 2 unspecified atom stereocenters. The Hall–Kier alpha value is -0.0803. The van der Waals surface area contributed by atoms with E-state index in [0.717, 1.165) is 13.8 Å². The molecule has 0 spiro atoms. The summed E-state index contributed by atoms with van der Waals surface area (Å²) in [7, 11) is 0. The van der Waals surface area contributed by atoms with Crippen LogP contribution in [0.3, 0.4) is 0 Å². The SMILES string of the molecule is CC(O)C(=O)[O-].CC(O)C(=O)[O-].O.O.O.O.O.[Ca+2]. The van der Waals surface area contributed by atoms with Gasteiger partial charge in [-0.1, -0.05) is 0 Å². The van der Waals surface area contributed by atoms with Crippen molar-refractivity contribution in [2.75, 3.05) is 0 Å². The monoisotopic (exact) mass is 308 g/mol. The second kappa shape index (κ2) is 30.2. The molecule has 0 aromatic heterocycles. The van der Waals surface area contributed by atoms with Gasteiger partial charge in [0, 0.05) is 0 Å². The summed E-state index contributed by atoms with van der Waals surface area (Å²) in [5, 5.41) is 34.6. The maximum absolute atomic E-state index is 9.34. The molecule has 0 aliphatic rings. The van der Waals surface area contributed by atoms with E-state index in [2.05, 4.69) is 0 Å². The number of aliphatic hydroxyl groups is 2. The van der Waals surface area contributed by atoms with E-state index in [0.29, 0.717) is 0 Å². The third-order valence-corrected chi connectivity index (χ3v) is 0.682. The van der Waals surface area contributed by atoms with Gasteiger partial charge in [-0.2, -0.15) is 0 Å². The van der Waals surface area contributed by atoms with Gasteiger partial charge in [0.2, 0.25) is 0 Å². The topological polar surface area (TPSA) is 278 Å². The number of rotatable bonds is 2. The molecule has 0 saturated carbocycles. The molecule has 0 aromatic rings. The minimum absolute atomic E-state index is 0. The number of hydrogen-bond donors (Lipinski definition) is 2. The van der Waals surface area contributed by atoms with Gasteiger partial charge in [-0.05, 0) is 13.8 Å². The minimum Gasteiger partial charge on any atom is -0.547 e. The van der Waals surface area contributed by atoms with E-state index in [1.54, 1.807) is 0 Å². The van der Waals surface area contributed by atoms with Crippen molar-refractivity contribution in [2.24, 2.45) is 0 Å². The Morgan fingerprint density at radius 2 is 0.833 bits per heavy atom. The zero-order chi connectivity index (χ0) is 10.3. The van der Waals surface area contributed by atoms with Crippen LogP contribution in [0.15, 0.2) is 0 Å². The van der Waals surface area contributed by atoms with Crippen LogP contribution in [0.5, 0.6) is 0 Å². The normalized spacial score (nSPS) is 9.11. The zero-order valence-corrected chi connectivity index (χ0v) is 12.1. The van der Waals surface area contributed by atoms with Crippen LogP contribution in [0.4, 0.5) is 0 Å². The Morgan fingerprint density at radius 1 is 0.778 bits per heavy atom. The van der Waals surface area contributed by atoms with Crippen LogP contribution in [-0.4, -0.2) is 99.5 Å². The van der Waals surface area contributed by atoms with Crippen LogP contribution in [0, 0.1) is 0 Å². The van der Waals surface area contributed by atoms with Crippen LogP contribution in [0.1, 0.15) is 13.8 Å². The molecule has 0 aliphatic heterocycles. The van der Waals surface area contributed by atoms with Crippen molar-refractivity contribution in [2.45, 2.75) is 26.1 Å². The van der Waals surface area contributed by atoms with Crippen LogP contribution in [-0.2, 0) is 9.59 Å². The molecule has 0 aliphatic carbocycles. The first-order valence-electron chi connectivity index (χ1n) is 3.06. The summed E-state index contributed by atoms with van der Waals surface area (Å²) in [5.74, 6) is -2.87. The first kappa shape index (κ1) is 52.1. The fraction of sp³-hybridized carbons (Fsp3) is 0.667. The second-order valence-corrected chi connectivity index (χ2v) is 1.99. The molecule has 0 amide bonds. The van der Waals surface area contributed by atoms with Gasteiger partial charge in [-0.3, -0.25) is 0 Å². The van der Waals surface area contributed by atoms with Gasteiger partial charge in [-0.15, -0.1) is 0 Å². The van der Waals surface area contributed by atoms with E-state index in [1.165, 1.54) is 0 Å². The predicted molar refractivity (Wildman–Crippen MR) is 57.2 cm³/mol. The van der Waals surface area contributed by atoms with Gasteiger partial charge in [0.15, 0.2) is 0 Å².